The maximum Gasteiger partial charge on any atom is 0.408 e. The second-order valence-electron chi connectivity index (χ2n) is 9.73. The number of para-hydroxylation sites is 2. The summed E-state index contributed by atoms with van der Waals surface area (Å²) in [7, 11) is 0. The molecule has 0 saturated carbocycles. The Morgan fingerprint density at radius 1 is 0.833 bits per heavy atom. The molecular formula is C27H30N4O5. The SMILES string of the molecule is CC(C)(C)OC(=O)N[C@@H](Cc1c[nH]c2ccccc12)C(=O)N[C@@H](Cc1c[nH]c2ccccc12)C(=O)O. The van der Waals surface area contributed by atoms with Crippen molar-refractivity contribution in [2.24, 2.45) is 0 Å². The van der Waals surface area contributed by atoms with Crippen molar-refractivity contribution in [2.75, 3.05) is 0 Å². The Balaban J connectivity index is 1.56. The summed E-state index contributed by atoms with van der Waals surface area (Å²) in [4.78, 5) is 44.3. The molecular weight excluding hydrogens is 460 g/mol. The van der Waals surface area contributed by atoms with Gasteiger partial charge in [0.25, 0.3) is 0 Å². The first kappa shape index (κ1) is 24.8. The number of aliphatic carboxylic acids is 1. The number of carbonyl (C=O) groups is 3. The quantitative estimate of drug-likeness (QED) is 0.255. The number of alkyl carbamates (subject to hydrolysis) is 1. The molecule has 9 heteroatoms. The number of hydrogen-bond acceptors (Lipinski definition) is 4. The van der Waals surface area contributed by atoms with Gasteiger partial charge >= 0.3 is 12.1 Å². The van der Waals surface area contributed by atoms with Crippen LogP contribution >= 0.6 is 0 Å². The van der Waals surface area contributed by atoms with Gasteiger partial charge in [-0.05, 0) is 44.0 Å². The van der Waals surface area contributed by atoms with Crippen molar-refractivity contribution in [3.8, 4) is 0 Å². The number of fused-ring (bicyclic) bond motifs is 2. The van der Waals surface area contributed by atoms with Crippen molar-refractivity contribution in [1.29, 1.82) is 0 Å². The number of amides is 2. The average Bonchev–Trinajstić information content (AvgIpc) is 3.41. The van der Waals surface area contributed by atoms with Crippen LogP contribution in [-0.2, 0) is 27.2 Å². The topological polar surface area (TPSA) is 136 Å². The van der Waals surface area contributed by atoms with Gasteiger partial charge in [0.15, 0.2) is 0 Å². The van der Waals surface area contributed by atoms with Crippen molar-refractivity contribution >= 4 is 39.8 Å². The second kappa shape index (κ2) is 10.2. The highest BCUT2D eigenvalue weighted by atomic mass is 16.6. The van der Waals surface area contributed by atoms with E-state index in [1.165, 1.54) is 0 Å². The van der Waals surface area contributed by atoms with Crippen LogP contribution in [0.5, 0.6) is 0 Å². The maximum absolute atomic E-state index is 13.4. The van der Waals surface area contributed by atoms with Crippen LogP contribution in [0.1, 0.15) is 31.9 Å². The van der Waals surface area contributed by atoms with E-state index in [-0.39, 0.29) is 12.8 Å². The third kappa shape index (κ3) is 5.86. The van der Waals surface area contributed by atoms with E-state index in [1.54, 1.807) is 33.2 Å². The number of aromatic amines is 2. The first-order valence-corrected chi connectivity index (χ1v) is 11.7. The highest BCUT2D eigenvalue weighted by molar-refractivity contribution is 5.91. The Labute approximate surface area is 208 Å². The van der Waals surface area contributed by atoms with Crippen LogP contribution in [0, 0.1) is 0 Å². The average molecular weight is 491 g/mol. The molecule has 5 N–H and O–H groups in total. The Hall–Kier alpha value is -4.27. The Kier molecular flexibility index (Phi) is 7.00. The molecule has 0 fully saturated rings. The van der Waals surface area contributed by atoms with Crippen molar-refractivity contribution in [3.05, 3.63) is 72.1 Å². The minimum atomic E-state index is -1.19. The van der Waals surface area contributed by atoms with Crippen LogP contribution < -0.4 is 10.6 Å². The molecule has 0 aliphatic carbocycles. The van der Waals surface area contributed by atoms with Crippen molar-refractivity contribution in [1.82, 2.24) is 20.6 Å². The molecule has 2 heterocycles. The lowest BCUT2D eigenvalue weighted by Gasteiger charge is -2.24. The smallest absolute Gasteiger partial charge is 0.408 e. The van der Waals surface area contributed by atoms with Gasteiger partial charge in [-0.1, -0.05) is 36.4 Å². The largest absolute Gasteiger partial charge is 0.480 e. The number of ether oxygens (including phenoxy) is 1. The molecule has 0 radical (unpaired) electrons. The molecule has 0 bridgehead atoms. The summed E-state index contributed by atoms with van der Waals surface area (Å²) < 4.78 is 5.35. The maximum atomic E-state index is 13.4. The third-order valence-corrected chi connectivity index (χ3v) is 5.82. The van der Waals surface area contributed by atoms with Gasteiger partial charge < -0.3 is 30.4 Å². The molecule has 4 aromatic rings. The van der Waals surface area contributed by atoms with Gasteiger partial charge in [0.1, 0.15) is 17.7 Å². The molecule has 0 aliphatic rings. The predicted octanol–water partition coefficient (Wildman–Crippen LogP) is 3.90. The number of H-pyrrole nitrogens is 2. The summed E-state index contributed by atoms with van der Waals surface area (Å²) in [5, 5.41) is 16.9. The molecule has 2 aromatic heterocycles. The molecule has 2 atom stereocenters. The van der Waals surface area contributed by atoms with E-state index >= 15 is 0 Å². The van der Waals surface area contributed by atoms with Crippen molar-refractivity contribution in [3.63, 3.8) is 0 Å². The Morgan fingerprint density at radius 2 is 1.33 bits per heavy atom. The fourth-order valence-corrected chi connectivity index (χ4v) is 4.17. The molecule has 0 aliphatic heterocycles. The first-order chi connectivity index (χ1) is 17.1. The van der Waals surface area contributed by atoms with Crippen LogP contribution in [0.4, 0.5) is 4.79 Å². The lowest BCUT2D eigenvalue weighted by atomic mass is 10.0. The zero-order valence-electron chi connectivity index (χ0n) is 20.4. The monoisotopic (exact) mass is 490 g/mol. The van der Waals surface area contributed by atoms with Gasteiger partial charge in [0.05, 0.1) is 0 Å². The van der Waals surface area contributed by atoms with E-state index < -0.39 is 35.7 Å². The van der Waals surface area contributed by atoms with E-state index in [1.807, 2.05) is 48.5 Å². The zero-order valence-corrected chi connectivity index (χ0v) is 20.4. The highest BCUT2D eigenvalue weighted by Crippen LogP contribution is 2.21. The molecule has 36 heavy (non-hydrogen) atoms. The molecule has 2 aromatic carbocycles. The third-order valence-electron chi connectivity index (χ3n) is 5.82. The van der Waals surface area contributed by atoms with E-state index in [2.05, 4.69) is 20.6 Å². The lowest BCUT2D eigenvalue weighted by Crippen LogP contribution is -2.53. The summed E-state index contributed by atoms with van der Waals surface area (Å²) in [6.07, 6.45) is 2.99. The van der Waals surface area contributed by atoms with Gasteiger partial charge in [-0.2, -0.15) is 0 Å². The van der Waals surface area contributed by atoms with E-state index in [0.29, 0.717) is 0 Å². The summed E-state index contributed by atoms with van der Waals surface area (Å²) in [6.45, 7) is 5.18. The normalized spacial score (nSPS) is 13.3. The molecule has 0 spiro atoms. The van der Waals surface area contributed by atoms with Crippen LogP contribution in [0.3, 0.4) is 0 Å². The molecule has 188 valence electrons. The van der Waals surface area contributed by atoms with Crippen molar-refractivity contribution < 1.29 is 24.2 Å². The van der Waals surface area contributed by atoms with Gasteiger partial charge in [0.2, 0.25) is 5.91 Å². The first-order valence-electron chi connectivity index (χ1n) is 11.7. The Bertz CT molecular complexity index is 1400. The molecule has 9 nitrogen and oxygen atoms in total. The number of carboxylic acid groups (broad SMARTS) is 1. The predicted molar refractivity (Wildman–Crippen MR) is 137 cm³/mol. The number of carboxylic acids is 1. The highest BCUT2D eigenvalue weighted by Gasteiger charge is 2.29. The van der Waals surface area contributed by atoms with Gasteiger partial charge in [0, 0.05) is 47.0 Å². The second-order valence-corrected chi connectivity index (χ2v) is 9.73. The molecule has 0 saturated heterocycles. The Morgan fingerprint density at radius 3 is 1.83 bits per heavy atom. The molecule has 0 unspecified atom stereocenters. The number of benzene rings is 2. The lowest BCUT2D eigenvalue weighted by molar-refractivity contribution is -0.142. The van der Waals surface area contributed by atoms with E-state index in [9.17, 15) is 19.5 Å². The minimum Gasteiger partial charge on any atom is -0.480 e. The van der Waals surface area contributed by atoms with Crippen LogP contribution in [0.25, 0.3) is 21.8 Å². The summed E-state index contributed by atoms with van der Waals surface area (Å²) in [6, 6.07) is 12.9. The minimum absolute atomic E-state index is 0.0807. The number of nitrogens with one attached hydrogen (secondary N) is 4. The summed E-state index contributed by atoms with van der Waals surface area (Å²) >= 11 is 0. The van der Waals surface area contributed by atoms with Crippen LogP contribution in [-0.4, -0.2) is 50.7 Å². The van der Waals surface area contributed by atoms with Crippen LogP contribution in [0.15, 0.2) is 60.9 Å². The fraction of sp³-hybridized carbons (Fsp3) is 0.296. The van der Waals surface area contributed by atoms with Crippen LogP contribution in [0.2, 0.25) is 0 Å². The number of hydrogen-bond donors (Lipinski definition) is 5. The van der Waals surface area contributed by atoms with Gasteiger partial charge in [-0.3, -0.25) is 4.79 Å². The van der Waals surface area contributed by atoms with E-state index in [4.69, 9.17) is 4.74 Å². The number of aromatic nitrogens is 2. The fourth-order valence-electron chi connectivity index (χ4n) is 4.17. The zero-order chi connectivity index (χ0) is 25.9. The standard InChI is InChI=1S/C27H30N4O5/c1-27(2,3)36-26(35)31-22(12-16-14-28-20-10-6-4-8-18(16)20)24(32)30-23(25(33)34)13-17-15-29-21-11-7-5-9-19(17)21/h4-11,14-15,22-23,28-29H,12-13H2,1-3H3,(H,30,32)(H,31,35)(H,33,34)/t22-,23-/m0/s1. The van der Waals surface area contributed by atoms with E-state index in [0.717, 1.165) is 32.9 Å². The number of carbonyl (C=O) groups excluding carboxylic acids is 2. The number of rotatable bonds is 8. The van der Waals surface area contributed by atoms with Gasteiger partial charge in [-0.15, -0.1) is 0 Å². The van der Waals surface area contributed by atoms with Crippen molar-refractivity contribution in [2.45, 2.75) is 51.3 Å². The van der Waals surface area contributed by atoms with Gasteiger partial charge in [-0.25, -0.2) is 9.59 Å². The summed E-state index contributed by atoms with van der Waals surface area (Å²) in [5.41, 5.74) is 2.60. The summed E-state index contributed by atoms with van der Waals surface area (Å²) in [5.74, 6) is -1.78. The molecule has 2 amide bonds. The molecule has 4 rings (SSSR count).